The van der Waals surface area contributed by atoms with Crippen LogP contribution >= 0.6 is 0 Å². The molecule has 15 nitrogen and oxygen atoms in total. The van der Waals surface area contributed by atoms with Crippen LogP contribution in [0.1, 0.15) is 101 Å². The van der Waals surface area contributed by atoms with E-state index in [1.54, 1.807) is 28.3 Å². The second kappa shape index (κ2) is 17.5. The third-order valence-corrected chi connectivity index (χ3v) is 12.2. The molecule has 314 valence electrons. The number of ether oxygens (including phenoxy) is 3. The molecule has 3 aliphatic rings. The Morgan fingerprint density at radius 3 is 1.86 bits per heavy atom. The summed E-state index contributed by atoms with van der Waals surface area (Å²) >= 11 is 0. The molecular weight excluding hydrogens is 760 g/mol. The standard InChI is InChI=1S/C43H53FN8O7/c1-7-23(3)36(49-42(55)57-5)40(53)51-15-9-11-32(51)38-45-21-30(47-38)25-13-14-34-26(17-25)18-27-19-29(44)28(20-35(27)59-34)31-22-46-39(48-31)33-12-10-16-52(33)41(54)37(24(4)8-2)50-43(56)58-6/h13-14,17,19-24,32-33,36-37H,7-12,15-16,18H2,1-6H3,(H,45,47)(H,46,48)(H,49,55)(H,50,56)/t23-,24-,32-,33-,36-,37-/m0/s1. The van der Waals surface area contributed by atoms with Crippen molar-refractivity contribution in [3.8, 4) is 34.0 Å². The number of carbonyl (C=O) groups excluding carboxylic acids is 4. The number of nitrogens with one attached hydrogen (secondary N) is 4. The minimum absolute atomic E-state index is 0.0875. The molecule has 2 fully saturated rings. The van der Waals surface area contributed by atoms with Gasteiger partial charge in [0.1, 0.15) is 41.0 Å². The molecule has 2 aromatic heterocycles. The maximum atomic E-state index is 15.9. The number of alkyl carbamates (subject to hydrolysis) is 2. The molecule has 5 heterocycles. The first-order chi connectivity index (χ1) is 28.4. The van der Waals surface area contributed by atoms with Crippen molar-refractivity contribution in [2.75, 3.05) is 27.3 Å². The Hall–Kier alpha value is -5.93. The Morgan fingerprint density at radius 1 is 0.797 bits per heavy atom. The number of imidazole rings is 2. The number of fused-ring (bicyclic) bond motifs is 2. The number of H-pyrrole nitrogens is 2. The molecule has 4 amide bonds. The van der Waals surface area contributed by atoms with Gasteiger partial charge in [0, 0.05) is 36.2 Å². The second-order valence-corrected chi connectivity index (χ2v) is 15.8. The zero-order chi connectivity index (χ0) is 42.0. The largest absolute Gasteiger partial charge is 0.457 e. The van der Waals surface area contributed by atoms with Crippen LogP contribution in [0.5, 0.6) is 11.5 Å². The third-order valence-electron chi connectivity index (χ3n) is 12.2. The van der Waals surface area contributed by atoms with Crippen molar-refractivity contribution in [3.05, 3.63) is 71.3 Å². The number of likely N-dealkylation sites (tertiary alicyclic amines) is 2. The molecule has 16 heteroatoms. The van der Waals surface area contributed by atoms with Crippen molar-refractivity contribution in [2.45, 2.75) is 96.8 Å². The highest BCUT2D eigenvalue weighted by Crippen LogP contribution is 2.42. The van der Waals surface area contributed by atoms with Crippen molar-refractivity contribution in [1.29, 1.82) is 0 Å². The number of carbonyl (C=O) groups is 4. The maximum Gasteiger partial charge on any atom is 0.407 e. The van der Waals surface area contributed by atoms with E-state index in [1.807, 2.05) is 45.9 Å². The van der Waals surface area contributed by atoms with E-state index >= 15 is 4.39 Å². The molecule has 3 aliphatic heterocycles. The number of nitrogens with zero attached hydrogens (tertiary/aromatic N) is 4. The van der Waals surface area contributed by atoms with Gasteiger partial charge in [-0.05, 0) is 73.4 Å². The van der Waals surface area contributed by atoms with Crippen LogP contribution in [0.25, 0.3) is 22.5 Å². The van der Waals surface area contributed by atoms with E-state index in [9.17, 15) is 19.2 Å². The number of amides is 4. The summed E-state index contributed by atoms with van der Waals surface area (Å²) in [6.07, 6.45) is 6.84. The Kier molecular flexibility index (Phi) is 12.2. The van der Waals surface area contributed by atoms with Gasteiger partial charge in [0.15, 0.2) is 0 Å². The third kappa shape index (κ3) is 8.35. The van der Waals surface area contributed by atoms with Crippen LogP contribution in [0.2, 0.25) is 0 Å². The summed E-state index contributed by atoms with van der Waals surface area (Å²) in [6, 6.07) is 6.90. The number of hydrogen-bond acceptors (Lipinski definition) is 9. The number of halogens is 1. The van der Waals surface area contributed by atoms with Crippen LogP contribution in [0.4, 0.5) is 14.0 Å². The fourth-order valence-corrected chi connectivity index (χ4v) is 8.36. The van der Waals surface area contributed by atoms with E-state index in [4.69, 9.17) is 14.2 Å². The Morgan fingerprint density at radius 2 is 1.32 bits per heavy atom. The number of hydrogen-bond donors (Lipinski definition) is 4. The molecule has 7 rings (SSSR count). The summed E-state index contributed by atoms with van der Waals surface area (Å²) in [4.78, 5) is 71.2. The summed E-state index contributed by atoms with van der Waals surface area (Å²) < 4.78 is 31.8. The van der Waals surface area contributed by atoms with E-state index < -0.39 is 30.1 Å². The van der Waals surface area contributed by atoms with Crippen molar-refractivity contribution < 1.29 is 37.8 Å². The minimum atomic E-state index is -0.750. The first kappa shape index (κ1) is 41.2. The van der Waals surface area contributed by atoms with E-state index in [0.717, 1.165) is 36.1 Å². The monoisotopic (exact) mass is 812 g/mol. The van der Waals surface area contributed by atoms with Gasteiger partial charge in [-0.25, -0.2) is 23.9 Å². The predicted molar refractivity (Wildman–Crippen MR) is 216 cm³/mol. The molecule has 6 atom stereocenters. The number of aromatic amines is 2. The molecule has 0 bridgehead atoms. The fourth-order valence-electron chi connectivity index (χ4n) is 8.36. The van der Waals surface area contributed by atoms with E-state index in [2.05, 4.69) is 30.6 Å². The lowest BCUT2D eigenvalue weighted by atomic mass is 9.96. The molecule has 59 heavy (non-hydrogen) atoms. The molecule has 2 aromatic carbocycles. The SMILES string of the molecule is CC[C@H](C)[C@H](NC(=O)OC)C(=O)N1CCC[C@H]1c1ncc(-c2ccc3c(c2)Cc2cc(F)c(-c4cnc([C@@H]5CCCN5C(=O)[C@@H](NC(=O)OC)[C@@H](C)CC)[nH]4)cc2O3)[nH]1. The highest BCUT2D eigenvalue weighted by atomic mass is 19.1. The average molecular weight is 813 g/mol. The smallest absolute Gasteiger partial charge is 0.407 e. The first-order valence-corrected chi connectivity index (χ1v) is 20.5. The lowest BCUT2D eigenvalue weighted by molar-refractivity contribution is -0.136. The highest BCUT2D eigenvalue weighted by Gasteiger charge is 2.40. The van der Waals surface area contributed by atoms with Crippen LogP contribution < -0.4 is 15.4 Å². The van der Waals surface area contributed by atoms with E-state index in [1.165, 1.54) is 20.3 Å². The summed E-state index contributed by atoms with van der Waals surface area (Å²) in [5.74, 6) is 1.39. The predicted octanol–water partition coefficient (Wildman–Crippen LogP) is 7.17. The van der Waals surface area contributed by atoms with Crippen molar-refractivity contribution in [2.24, 2.45) is 11.8 Å². The summed E-state index contributed by atoms with van der Waals surface area (Å²) in [5.41, 5.74) is 3.97. The van der Waals surface area contributed by atoms with Gasteiger partial charge >= 0.3 is 12.2 Å². The zero-order valence-corrected chi connectivity index (χ0v) is 34.4. The molecule has 4 N–H and O–H groups in total. The maximum absolute atomic E-state index is 15.9. The van der Waals surface area contributed by atoms with Gasteiger partial charge in [-0.1, -0.05) is 40.5 Å². The van der Waals surface area contributed by atoms with Crippen LogP contribution in [0, 0.1) is 17.7 Å². The van der Waals surface area contributed by atoms with Crippen molar-refractivity contribution >= 4 is 24.0 Å². The molecular formula is C43H53FN8O7. The number of benzene rings is 2. The van der Waals surface area contributed by atoms with Crippen LogP contribution in [0.3, 0.4) is 0 Å². The first-order valence-electron chi connectivity index (χ1n) is 20.5. The second-order valence-electron chi connectivity index (χ2n) is 15.8. The number of rotatable bonds is 12. The highest BCUT2D eigenvalue weighted by molar-refractivity contribution is 5.87. The Labute approximate surface area is 342 Å². The van der Waals surface area contributed by atoms with Gasteiger partial charge in [0.25, 0.3) is 0 Å². The topological polar surface area (TPSA) is 184 Å². The van der Waals surface area contributed by atoms with Gasteiger partial charge in [-0.15, -0.1) is 0 Å². The molecule has 0 unspecified atom stereocenters. The summed E-state index contributed by atoms with van der Waals surface area (Å²) in [5, 5.41) is 5.44. The Bertz CT molecular complexity index is 2200. The molecule has 0 aliphatic carbocycles. The fraction of sp³-hybridized carbons (Fsp3) is 0.488. The van der Waals surface area contributed by atoms with Gasteiger partial charge in [-0.2, -0.15) is 0 Å². The van der Waals surface area contributed by atoms with Gasteiger partial charge in [0.2, 0.25) is 11.8 Å². The normalized spacial score (nSPS) is 19.2. The van der Waals surface area contributed by atoms with Crippen molar-refractivity contribution in [3.63, 3.8) is 0 Å². The average Bonchev–Trinajstić information content (AvgIpc) is 4.09. The number of aromatic nitrogens is 4. The molecule has 0 saturated carbocycles. The van der Waals surface area contributed by atoms with Crippen LogP contribution in [-0.2, 0) is 25.5 Å². The lowest BCUT2D eigenvalue weighted by Gasteiger charge is -2.30. The number of methoxy groups -OCH3 is 2. The van der Waals surface area contributed by atoms with Crippen molar-refractivity contribution in [1.82, 2.24) is 40.4 Å². The summed E-state index contributed by atoms with van der Waals surface area (Å²) in [6.45, 7) is 8.86. The zero-order valence-electron chi connectivity index (χ0n) is 34.4. The van der Waals surface area contributed by atoms with Crippen LogP contribution in [-0.4, -0.2) is 93.1 Å². The molecule has 0 spiro atoms. The molecule has 2 saturated heterocycles. The lowest BCUT2D eigenvalue weighted by Crippen LogP contribution is -2.51. The summed E-state index contributed by atoms with van der Waals surface area (Å²) in [7, 11) is 2.55. The molecule has 0 radical (unpaired) electrons. The van der Waals surface area contributed by atoms with Gasteiger partial charge in [0.05, 0.1) is 50.1 Å². The van der Waals surface area contributed by atoms with Gasteiger partial charge in [-0.3, -0.25) is 9.59 Å². The van der Waals surface area contributed by atoms with E-state index in [-0.39, 0.29) is 35.7 Å². The van der Waals surface area contributed by atoms with Gasteiger partial charge < -0.3 is 44.6 Å². The molecule has 4 aromatic rings. The quantitative estimate of drug-likeness (QED) is 0.101. The van der Waals surface area contributed by atoms with Crippen LogP contribution in [0.15, 0.2) is 42.7 Å². The Balaban J connectivity index is 1.06. The van der Waals surface area contributed by atoms with E-state index in [0.29, 0.717) is 78.7 Å². The minimum Gasteiger partial charge on any atom is -0.457 e.